The molecule has 22 heavy (non-hydrogen) atoms. The Morgan fingerprint density at radius 1 is 1.23 bits per heavy atom. The number of ether oxygens (including phenoxy) is 1. The maximum Gasteiger partial charge on any atom is 0.416 e. The van der Waals surface area contributed by atoms with Gasteiger partial charge in [0.2, 0.25) is 0 Å². The Morgan fingerprint density at radius 3 is 2.41 bits per heavy atom. The summed E-state index contributed by atoms with van der Waals surface area (Å²) in [5.74, 6) is -1.22. The first-order chi connectivity index (χ1) is 10.3. The molecule has 1 aromatic carbocycles. The summed E-state index contributed by atoms with van der Waals surface area (Å²) in [6, 6.07) is 3.76. The monoisotopic (exact) mass is 330 g/mol. The van der Waals surface area contributed by atoms with E-state index in [0.29, 0.717) is 0 Å². The van der Waals surface area contributed by atoms with Crippen molar-refractivity contribution in [2.24, 2.45) is 0 Å². The third-order valence-corrected chi connectivity index (χ3v) is 3.48. The highest BCUT2D eigenvalue weighted by molar-refractivity contribution is 7.17. The number of carbonyl (C=O) groups excluding carboxylic acids is 2. The molecule has 0 saturated heterocycles. The smallest absolute Gasteiger partial charge is 0.416 e. The summed E-state index contributed by atoms with van der Waals surface area (Å²) in [5, 5.41) is 2.54. The second-order valence-corrected chi connectivity index (χ2v) is 5.08. The van der Waals surface area contributed by atoms with Gasteiger partial charge in [0.25, 0.3) is 5.91 Å². The number of carbonyl (C=O) groups is 2. The molecule has 1 heterocycles. The molecule has 1 aromatic heterocycles. The van der Waals surface area contributed by atoms with Gasteiger partial charge in [-0.3, -0.25) is 10.1 Å². The van der Waals surface area contributed by atoms with Gasteiger partial charge in [-0.15, -0.1) is 0 Å². The van der Waals surface area contributed by atoms with E-state index in [4.69, 9.17) is 0 Å². The lowest BCUT2D eigenvalue weighted by molar-refractivity contribution is -0.137. The topological polar surface area (TPSA) is 68.3 Å². The average Bonchev–Trinajstić information content (AvgIpc) is 2.94. The van der Waals surface area contributed by atoms with Crippen LogP contribution in [0.3, 0.4) is 0 Å². The fourth-order valence-corrected chi connectivity index (χ4v) is 2.24. The minimum Gasteiger partial charge on any atom is -0.465 e. The van der Waals surface area contributed by atoms with E-state index in [0.717, 1.165) is 35.6 Å². The Labute approximate surface area is 126 Å². The molecule has 1 amide bonds. The number of methoxy groups -OCH3 is 1. The SMILES string of the molecule is COC(=O)c1cnc(NC(=O)c2ccc(C(F)(F)F)cc2)s1. The van der Waals surface area contributed by atoms with Crippen LogP contribution in [0.2, 0.25) is 0 Å². The predicted molar refractivity (Wildman–Crippen MR) is 72.9 cm³/mol. The Morgan fingerprint density at radius 2 is 1.86 bits per heavy atom. The van der Waals surface area contributed by atoms with Crippen molar-refractivity contribution in [2.75, 3.05) is 12.4 Å². The number of aromatic nitrogens is 1. The van der Waals surface area contributed by atoms with Crippen molar-refractivity contribution in [3.63, 3.8) is 0 Å². The summed E-state index contributed by atoms with van der Waals surface area (Å²) in [6.07, 6.45) is -3.22. The van der Waals surface area contributed by atoms with Gasteiger partial charge in [-0.2, -0.15) is 13.2 Å². The number of alkyl halides is 3. The number of halogens is 3. The second-order valence-electron chi connectivity index (χ2n) is 4.05. The second kappa shape index (κ2) is 6.14. The molecule has 116 valence electrons. The summed E-state index contributed by atoms with van der Waals surface area (Å²) in [6.45, 7) is 0. The Kier molecular flexibility index (Phi) is 4.45. The summed E-state index contributed by atoms with van der Waals surface area (Å²) in [5.41, 5.74) is -0.797. The predicted octanol–water partition coefficient (Wildman–Crippen LogP) is 3.20. The standard InChI is InChI=1S/C13H9F3N2O3S/c1-21-11(20)9-6-17-12(22-9)18-10(19)7-2-4-8(5-3-7)13(14,15)16/h2-6H,1H3,(H,17,18,19). The highest BCUT2D eigenvalue weighted by Gasteiger charge is 2.30. The van der Waals surface area contributed by atoms with Crippen LogP contribution in [0.25, 0.3) is 0 Å². The van der Waals surface area contributed by atoms with E-state index in [9.17, 15) is 22.8 Å². The number of esters is 1. The van der Waals surface area contributed by atoms with Crippen molar-refractivity contribution in [2.45, 2.75) is 6.18 Å². The minimum absolute atomic E-state index is 0.0443. The molecule has 0 atom stereocenters. The summed E-state index contributed by atoms with van der Waals surface area (Å²) in [4.78, 5) is 27.1. The number of nitrogens with zero attached hydrogens (tertiary/aromatic N) is 1. The quantitative estimate of drug-likeness (QED) is 0.878. The normalized spacial score (nSPS) is 11.1. The van der Waals surface area contributed by atoms with Gasteiger partial charge in [-0.05, 0) is 24.3 Å². The number of thiazole rings is 1. The molecule has 0 aliphatic rings. The third-order valence-electron chi connectivity index (χ3n) is 2.59. The van der Waals surface area contributed by atoms with Crippen LogP contribution in [0.15, 0.2) is 30.5 Å². The van der Waals surface area contributed by atoms with Crippen molar-refractivity contribution < 1.29 is 27.5 Å². The summed E-state index contributed by atoms with van der Waals surface area (Å²) < 4.78 is 41.8. The lowest BCUT2D eigenvalue weighted by atomic mass is 10.1. The first-order valence-corrected chi connectivity index (χ1v) is 6.65. The van der Waals surface area contributed by atoms with E-state index < -0.39 is 23.6 Å². The Hall–Kier alpha value is -2.42. The zero-order valence-corrected chi connectivity index (χ0v) is 11.9. The molecule has 0 spiro atoms. The van der Waals surface area contributed by atoms with E-state index in [1.165, 1.54) is 13.3 Å². The first kappa shape index (κ1) is 16.0. The molecule has 5 nitrogen and oxygen atoms in total. The van der Waals surface area contributed by atoms with Crippen molar-refractivity contribution in [1.82, 2.24) is 4.98 Å². The Bertz CT molecular complexity index is 695. The number of benzene rings is 1. The Balaban J connectivity index is 2.09. The molecule has 2 rings (SSSR count). The molecular weight excluding hydrogens is 321 g/mol. The van der Waals surface area contributed by atoms with Gasteiger partial charge in [0.1, 0.15) is 4.88 Å². The molecule has 1 N–H and O–H groups in total. The van der Waals surface area contributed by atoms with E-state index >= 15 is 0 Å². The lowest BCUT2D eigenvalue weighted by Crippen LogP contribution is -2.12. The van der Waals surface area contributed by atoms with Crippen LogP contribution in [-0.2, 0) is 10.9 Å². The lowest BCUT2D eigenvalue weighted by Gasteiger charge is -2.07. The van der Waals surface area contributed by atoms with Gasteiger partial charge in [0.05, 0.1) is 18.9 Å². The van der Waals surface area contributed by atoms with Crippen LogP contribution in [-0.4, -0.2) is 24.0 Å². The van der Waals surface area contributed by atoms with Gasteiger partial charge in [0.15, 0.2) is 5.13 Å². The molecular formula is C13H9F3N2O3S. The number of anilines is 1. The number of nitrogens with one attached hydrogen (secondary N) is 1. The van der Waals surface area contributed by atoms with Gasteiger partial charge < -0.3 is 4.74 Å². The molecule has 0 bridgehead atoms. The number of rotatable bonds is 3. The molecule has 2 aromatic rings. The van der Waals surface area contributed by atoms with Gasteiger partial charge in [-0.1, -0.05) is 11.3 Å². The molecule has 0 saturated carbocycles. The van der Waals surface area contributed by atoms with E-state index in [1.54, 1.807) is 0 Å². The molecule has 0 aliphatic carbocycles. The van der Waals surface area contributed by atoms with Crippen LogP contribution >= 0.6 is 11.3 Å². The van der Waals surface area contributed by atoms with Crippen molar-refractivity contribution in [3.05, 3.63) is 46.5 Å². The maximum atomic E-state index is 12.4. The molecule has 0 fully saturated rings. The van der Waals surface area contributed by atoms with Crippen LogP contribution < -0.4 is 5.32 Å². The van der Waals surface area contributed by atoms with Gasteiger partial charge >= 0.3 is 12.1 Å². The van der Waals surface area contributed by atoms with E-state index in [1.807, 2.05) is 0 Å². The maximum absolute atomic E-state index is 12.4. The van der Waals surface area contributed by atoms with E-state index in [2.05, 4.69) is 15.0 Å². The number of amides is 1. The van der Waals surface area contributed by atoms with Gasteiger partial charge in [-0.25, -0.2) is 9.78 Å². The highest BCUT2D eigenvalue weighted by Crippen LogP contribution is 2.29. The summed E-state index contributed by atoms with van der Waals surface area (Å²) >= 11 is 0.898. The van der Waals surface area contributed by atoms with E-state index in [-0.39, 0.29) is 15.6 Å². The molecule has 0 aliphatic heterocycles. The summed E-state index contributed by atoms with van der Waals surface area (Å²) in [7, 11) is 1.21. The zero-order chi connectivity index (χ0) is 16.3. The highest BCUT2D eigenvalue weighted by atomic mass is 32.1. The number of hydrogen-bond acceptors (Lipinski definition) is 5. The van der Waals surface area contributed by atoms with Crippen molar-refractivity contribution in [1.29, 1.82) is 0 Å². The van der Waals surface area contributed by atoms with Gasteiger partial charge in [0, 0.05) is 5.56 Å². The molecule has 9 heteroatoms. The fourth-order valence-electron chi connectivity index (χ4n) is 1.51. The average molecular weight is 330 g/mol. The van der Waals surface area contributed by atoms with Crippen LogP contribution in [0.4, 0.5) is 18.3 Å². The van der Waals surface area contributed by atoms with Crippen LogP contribution in [0, 0.1) is 0 Å². The third kappa shape index (κ3) is 3.61. The molecule has 0 unspecified atom stereocenters. The molecule has 0 radical (unpaired) electrons. The minimum atomic E-state index is -4.46. The first-order valence-electron chi connectivity index (χ1n) is 5.84. The van der Waals surface area contributed by atoms with Crippen molar-refractivity contribution in [3.8, 4) is 0 Å². The fraction of sp³-hybridized carbons (Fsp3) is 0.154. The van der Waals surface area contributed by atoms with Crippen molar-refractivity contribution >= 4 is 28.3 Å². The van der Waals surface area contributed by atoms with Crippen LogP contribution in [0.5, 0.6) is 0 Å². The largest absolute Gasteiger partial charge is 0.465 e. The zero-order valence-electron chi connectivity index (χ0n) is 11.1. The number of hydrogen-bond donors (Lipinski definition) is 1. The van der Waals surface area contributed by atoms with Crippen LogP contribution in [0.1, 0.15) is 25.6 Å².